The number of aliphatic hydroxyl groups excluding tert-OH is 1. The fourth-order valence-electron chi connectivity index (χ4n) is 3.78. The zero-order chi connectivity index (χ0) is 18.0. The van der Waals surface area contributed by atoms with Crippen molar-refractivity contribution < 1.29 is 18.3 Å². The smallest absolute Gasteiger partial charge is 0.161 e. The number of aliphatic hydroxyl groups is 1. The van der Waals surface area contributed by atoms with Crippen LogP contribution in [0.3, 0.4) is 0 Å². The molecule has 2 aromatic rings. The first kappa shape index (κ1) is 18.0. The Labute approximate surface area is 146 Å². The largest absolute Gasteiger partial charge is 0.384 e. The van der Waals surface area contributed by atoms with Crippen molar-refractivity contribution in [3.05, 3.63) is 70.5 Å². The molecule has 4 heteroatoms. The summed E-state index contributed by atoms with van der Waals surface area (Å²) in [7, 11) is 0. The molecule has 134 valence electrons. The molecule has 0 aromatic heterocycles. The third kappa shape index (κ3) is 3.90. The van der Waals surface area contributed by atoms with Gasteiger partial charge in [-0.15, -0.1) is 0 Å². The Bertz CT molecular complexity index is 719. The van der Waals surface area contributed by atoms with Gasteiger partial charge in [0.1, 0.15) is 11.9 Å². The Morgan fingerprint density at radius 3 is 2.12 bits per heavy atom. The summed E-state index contributed by atoms with van der Waals surface area (Å²) < 4.78 is 40.2. The van der Waals surface area contributed by atoms with Crippen molar-refractivity contribution >= 4 is 0 Å². The molecule has 1 aliphatic rings. The van der Waals surface area contributed by atoms with Gasteiger partial charge in [0.05, 0.1) is 0 Å². The lowest BCUT2D eigenvalue weighted by Crippen LogP contribution is -2.12. The van der Waals surface area contributed by atoms with Crippen molar-refractivity contribution in [2.75, 3.05) is 0 Å². The van der Waals surface area contributed by atoms with Crippen LogP contribution in [0, 0.1) is 23.4 Å². The van der Waals surface area contributed by atoms with Gasteiger partial charge in [-0.3, -0.25) is 0 Å². The molecule has 1 saturated carbocycles. The highest BCUT2D eigenvalue weighted by Gasteiger charge is 2.22. The van der Waals surface area contributed by atoms with Crippen LogP contribution in [0.25, 0.3) is 0 Å². The molecule has 1 fully saturated rings. The average Bonchev–Trinajstić information content (AvgIpc) is 2.64. The predicted octanol–water partition coefficient (Wildman–Crippen LogP) is 5.87. The first-order valence-electron chi connectivity index (χ1n) is 8.92. The van der Waals surface area contributed by atoms with Crippen LogP contribution in [0.2, 0.25) is 0 Å². The molecule has 3 rings (SSSR count). The molecule has 0 amide bonds. The summed E-state index contributed by atoms with van der Waals surface area (Å²) in [4.78, 5) is 0. The fraction of sp³-hybridized carbons (Fsp3) is 0.429. The van der Waals surface area contributed by atoms with E-state index in [2.05, 4.69) is 6.92 Å². The predicted molar refractivity (Wildman–Crippen MR) is 91.8 cm³/mol. The Hall–Kier alpha value is -1.81. The SMILES string of the molecule is CCC1CCC(c2ccc(C(O)c3cc(F)c(F)cc3F)cc2)CC1. The molecule has 25 heavy (non-hydrogen) atoms. The first-order valence-corrected chi connectivity index (χ1v) is 8.92. The third-order valence-corrected chi connectivity index (χ3v) is 5.48. The Morgan fingerprint density at radius 1 is 0.920 bits per heavy atom. The van der Waals surface area contributed by atoms with Gasteiger partial charge >= 0.3 is 0 Å². The van der Waals surface area contributed by atoms with Gasteiger partial charge in [0.2, 0.25) is 0 Å². The third-order valence-electron chi connectivity index (χ3n) is 5.48. The van der Waals surface area contributed by atoms with Crippen molar-refractivity contribution in [3.63, 3.8) is 0 Å². The molecule has 0 heterocycles. The van der Waals surface area contributed by atoms with Crippen LogP contribution in [-0.4, -0.2) is 5.11 Å². The molecule has 1 aliphatic carbocycles. The minimum atomic E-state index is -1.32. The van der Waals surface area contributed by atoms with Crippen LogP contribution in [0.5, 0.6) is 0 Å². The minimum absolute atomic E-state index is 0.255. The Kier molecular flexibility index (Phi) is 5.48. The number of rotatable bonds is 4. The summed E-state index contributed by atoms with van der Waals surface area (Å²) in [5.41, 5.74) is 1.43. The van der Waals surface area contributed by atoms with Crippen LogP contribution in [0.15, 0.2) is 36.4 Å². The molecule has 2 aromatic carbocycles. The molecule has 0 bridgehead atoms. The van der Waals surface area contributed by atoms with E-state index in [1.54, 1.807) is 12.1 Å². The minimum Gasteiger partial charge on any atom is -0.384 e. The second-order valence-corrected chi connectivity index (χ2v) is 6.98. The van der Waals surface area contributed by atoms with Gasteiger partial charge in [0.25, 0.3) is 0 Å². The molecule has 1 N–H and O–H groups in total. The van der Waals surface area contributed by atoms with E-state index in [1.165, 1.54) is 24.8 Å². The second kappa shape index (κ2) is 7.61. The van der Waals surface area contributed by atoms with Crippen molar-refractivity contribution in [3.8, 4) is 0 Å². The maximum atomic E-state index is 13.8. The summed E-state index contributed by atoms with van der Waals surface area (Å²) >= 11 is 0. The van der Waals surface area contributed by atoms with Gasteiger partial charge in [-0.2, -0.15) is 0 Å². The molecular formula is C21H23F3O. The molecule has 0 aliphatic heterocycles. The van der Waals surface area contributed by atoms with Crippen LogP contribution in [0.4, 0.5) is 13.2 Å². The monoisotopic (exact) mass is 348 g/mol. The molecule has 1 unspecified atom stereocenters. The first-order chi connectivity index (χ1) is 12.0. The quantitative estimate of drug-likeness (QED) is 0.685. The standard InChI is InChI=1S/C21H23F3O/c1-2-13-3-5-14(6-4-13)15-7-9-16(10-8-15)21(25)17-11-19(23)20(24)12-18(17)22/h7-14,21,25H,2-6H2,1H3. The summed E-state index contributed by atoms with van der Waals surface area (Å²) in [6.07, 6.45) is 4.73. The molecule has 0 saturated heterocycles. The van der Waals surface area contributed by atoms with Gasteiger partial charge in [-0.1, -0.05) is 37.6 Å². The molecule has 1 atom stereocenters. The van der Waals surface area contributed by atoms with Crippen molar-refractivity contribution in [1.82, 2.24) is 0 Å². The van der Waals surface area contributed by atoms with E-state index in [0.717, 1.165) is 24.8 Å². The van der Waals surface area contributed by atoms with Gasteiger partial charge < -0.3 is 5.11 Å². The van der Waals surface area contributed by atoms with E-state index in [-0.39, 0.29) is 5.56 Å². The van der Waals surface area contributed by atoms with Crippen molar-refractivity contribution in [2.24, 2.45) is 5.92 Å². The number of hydrogen-bond donors (Lipinski definition) is 1. The molecular weight excluding hydrogens is 325 g/mol. The summed E-state index contributed by atoms with van der Waals surface area (Å²) in [6.45, 7) is 2.23. The normalized spacial score (nSPS) is 22.0. The van der Waals surface area contributed by atoms with Gasteiger partial charge in [0.15, 0.2) is 11.6 Å². The van der Waals surface area contributed by atoms with E-state index in [9.17, 15) is 18.3 Å². The maximum Gasteiger partial charge on any atom is 0.161 e. The molecule has 1 nitrogen and oxygen atoms in total. The van der Waals surface area contributed by atoms with E-state index in [4.69, 9.17) is 0 Å². The van der Waals surface area contributed by atoms with Crippen molar-refractivity contribution in [1.29, 1.82) is 0 Å². The van der Waals surface area contributed by atoms with E-state index >= 15 is 0 Å². The highest BCUT2D eigenvalue weighted by Crippen LogP contribution is 2.37. The Morgan fingerprint density at radius 2 is 1.52 bits per heavy atom. The molecule has 0 radical (unpaired) electrons. The number of halogens is 3. The summed E-state index contributed by atoms with van der Waals surface area (Å²) in [6, 6.07) is 8.57. The highest BCUT2D eigenvalue weighted by molar-refractivity contribution is 5.34. The summed E-state index contributed by atoms with van der Waals surface area (Å²) in [5.74, 6) is -2.03. The zero-order valence-corrected chi connectivity index (χ0v) is 14.3. The lowest BCUT2D eigenvalue weighted by Gasteiger charge is -2.28. The van der Waals surface area contributed by atoms with Crippen LogP contribution < -0.4 is 0 Å². The fourth-order valence-corrected chi connectivity index (χ4v) is 3.78. The maximum absolute atomic E-state index is 13.8. The van der Waals surface area contributed by atoms with Gasteiger partial charge in [-0.25, -0.2) is 13.2 Å². The van der Waals surface area contributed by atoms with E-state index < -0.39 is 23.6 Å². The second-order valence-electron chi connectivity index (χ2n) is 6.98. The lowest BCUT2D eigenvalue weighted by molar-refractivity contribution is 0.213. The van der Waals surface area contributed by atoms with Gasteiger partial charge in [0, 0.05) is 11.6 Å². The van der Waals surface area contributed by atoms with E-state index in [0.29, 0.717) is 17.5 Å². The molecule has 0 spiro atoms. The van der Waals surface area contributed by atoms with Crippen LogP contribution >= 0.6 is 0 Å². The average molecular weight is 348 g/mol. The van der Waals surface area contributed by atoms with Crippen LogP contribution in [0.1, 0.15) is 67.7 Å². The number of hydrogen-bond acceptors (Lipinski definition) is 1. The lowest BCUT2D eigenvalue weighted by atomic mass is 9.77. The number of benzene rings is 2. The topological polar surface area (TPSA) is 20.2 Å². The van der Waals surface area contributed by atoms with Crippen molar-refractivity contribution in [2.45, 2.75) is 51.0 Å². The van der Waals surface area contributed by atoms with E-state index in [1.807, 2.05) is 12.1 Å². The zero-order valence-electron chi connectivity index (χ0n) is 14.3. The van der Waals surface area contributed by atoms with Gasteiger partial charge in [-0.05, 0) is 54.7 Å². The van der Waals surface area contributed by atoms with Crippen LogP contribution in [-0.2, 0) is 0 Å². The highest BCUT2D eigenvalue weighted by atomic mass is 19.2. The Balaban J connectivity index is 1.75. The summed E-state index contributed by atoms with van der Waals surface area (Å²) in [5, 5.41) is 10.3.